The minimum Gasteiger partial charge on any atom is -0.389 e. The number of hydrogen-bond donors (Lipinski definition) is 1. The first-order valence-corrected chi connectivity index (χ1v) is 7.62. The SMILES string of the molecule is C[C@@H](O)c1ccc(N(C)CC2CC3CCC2C3)cc1. The summed E-state index contributed by atoms with van der Waals surface area (Å²) in [6, 6.07) is 8.35. The van der Waals surface area contributed by atoms with Crippen molar-refractivity contribution in [3.63, 3.8) is 0 Å². The van der Waals surface area contributed by atoms with Crippen molar-refractivity contribution in [3.05, 3.63) is 29.8 Å². The van der Waals surface area contributed by atoms with Gasteiger partial charge in [-0.15, -0.1) is 0 Å². The van der Waals surface area contributed by atoms with Gasteiger partial charge in [-0.05, 0) is 61.6 Å². The maximum atomic E-state index is 9.54. The minimum absolute atomic E-state index is 0.370. The highest BCUT2D eigenvalue weighted by molar-refractivity contribution is 5.47. The fraction of sp³-hybridized carbons (Fsp3) is 0.647. The topological polar surface area (TPSA) is 23.5 Å². The van der Waals surface area contributed by atoms with Crippen LogP contribution in [0, 0.1) is 17.8 Å². The second kappa shape index (κ2) is 5.16. The van der Waals surface area contributed by atoms with Crippen LogP contribution >= 0.6 is 0 Å². The standard InChI is InChI=1S/C17H25NO/c1-12(19)14-5-7-17(8-6-14)18(2)11-16-10-13-3-4-15(16)9-13/h5-8,12-13,15-16,19H,3-4,9-11H2,1-2H3/t12-,13?,15?,16?/m1/s1. The quantitative estimate of drug-likeness (QED) is 0.893. The van der Waals surface area contributed by atoms with Gasteiger partial charge >= 0.3 is 0 Å². The maximum Gasteiger partial charge on any atom is 0.0761 e. The van der Waals surface area contributed by atoms with Crippen LogP contribution in [0.2, 0.25) is 0 Å². The molecule has 2 aliphatic rings. The van der Waals surface area contributed by atoms with E-state index in [2.05, 4.69) is 24.1 Å². The number of aliphatic hydroxyl groups excluding tert-OH is 1. The molecule has 2 bridgehead atoms. The Hall–Kier alpha value is -1.02. The highest BCUT2D eigenvalue weighted by Crippen LogP contribution is 2.48. The average molecular weight is 259 g/mol. The Bertz CT molecular complexity index is 425. The molecule has 0 saturated heterocycles. The number of benzene rings is 1. The maximum absolute atomic E-state index is 9.54. The first kappa shape index (κ1) is 13.0. The molecule has 2 aliphatic carbocycles. The van der Waals surface area contributed by atoms with E-state index in [4.69, 9.17) is 0 Å². The molecule has 0 amide bonds. The molecule has 1 aromatic rings. The van der Waals surface area contributed by atoms with Crippen LogP contribution in [-0.4, -0.2) is 18.7 Å². The highest BCUT2D eigenvalue weighted by atomic mass is 16.3. The molecule has 3 unspecified atom stereocenters. The summed E-state index contributed by atoms with van der Waals surface area (Å²) in [6.45, 7) is 3.00. The molecule has 4 atom stereocenters. The molecule has 0 spiro atoms. The number of fused-ring (bicyclic) bond motifs is 2. The van der Waals surface area contributed by atoms with Crippen molar-refractivity contribution in [3.8, 4) is 0 Å². The largest absolute Gasteiger partial charge is 0.389 e. The summed E-state index contributed by atoms with van der Waals surface area (Å²) in [6.07, 6.45) is 5.50. The monoisotopic (exact) mass is 259 g/mol. The average Bonchev–Trinajstić information content (AvgIpc) is 3.01. The number of aliphatic hydroxyl groups is 1. The van der Waals surface area contributed by atoms with E-state index in [1.165, 1.54) is 37.9 Å². The van der Waals surface area contributed by atoms with Gasteiger partial charge in [-0.1, -0.05) is 18.6 Å². The minimum atomic E-state index is -0.370. The van der Waals surface area contributed by atoms with Crippen molar-refractivity contribution in [1.82, 2.24) is 0 Å². The Morgan fingerprint density at radius 3 is 2.47 bits per heavy atom. The van der Waals surface area contributed by atoms with Crippen molar-refractivity contribution in [2.75, 3.05) is 18.5 Å². The first-order chi connectivity index (χ1) is 9.13. The summed E-state index contributed by atoms with van der Waals surface area (Å²) in [7, 11) is 2.20. The van der Waals surface area contributed by atoms with Crippen molar-refractivity contribution in [2.45, 2.75) is 38.7 Å². The van der Waals surface area contributed by atoms with E-state index in [-0.39, 0.29) is 6.10 Å². The molecule has 1 aromatic carbocycles. The van der Waals surface area contributed by atoms with Gasteiger partial charge in [-0.3, -0.25) is 0 Å². The molecule has 2 heteroatoms. The Labute approximate surface area is 116 Å². The predicted molar refractivity (Wildman–Crippen MR) is 79.3 cm³/mol. The fourth-order valence-corrected chi connectivity index (χ4v) is 4.06. The summed E-state index contributed by atoms with van der Waals surface area (Å²) in [4.78, 5) is 2.39. The normalized spacial score (nSPS) is 30.6. The Morgan fingerprint density at radius 1 is 1.21 bits per heavy atom. The summed E-state index contributed by atoms with van der Waals surface area (Å²) in [5.41, 5.74) is 2.27. The molecule has 0 aromatic heterocycles. The van der Waals surface area contributed by atoms with E-state index in [9.17, 15) is 5.11 Å². The summed E-state index contributed by atoms with van der Waals surface area (Å²) in [5, 5.41) is 9.54. The molecule has 2 saturated carbocycles. The number of nitrogens with zero attached hydrogens (tertiary/aromatic N) is 1. The molecular formula is C17H25NO. The van der Waals surface area contributed by atoms with Gasteiger partial charge in [0.1, 0.15) is 0 Å². The van der Waals surface area contributed by atoms with Gasteiger partial charge < -0.3 is 10.0 Å². The van der Waals surface area contributed by atoms with Gasteiger partial charge in [0.05, 0.1) is 6.10 Å². The smallest absolute Gasteiger partial charge is 0.0761 e. The lowest BCUT2D eigenvalue weighted by atomic mass is 9.88. The van der Waals surface area contributed by atoms with Crippen LogP contribution in [0.1, 0.15) is 44.3 Å². The summed E-state index contributed by atoms with van der Waals surface area (Å²) < 4.78 is 0. The van der Waals surface area contributed by atoms with Crippen molar-refractivity contribution < 1.29 is 5.11 Å². The zero-order valence-corrected chi connectivity index (χ0v) is 12.0. The molecule has 19 heavy (non-hydrogen) atoms. The third kappa shape index (κ3) is 2.64. The van der Waals surface area contributed by atoms with E-state index in [1.807, 2.05) is 19.1 Å². The molecule has 2 nitrogen and oxygen atoms in total. The molecule has 0 heterocycles. The molecule has 3 rings (SSSR count). The lowest BCUT2D eigenvalue weighted by Gasteiger charge is -2.28. The van der Waals surface area contributed by atoms with Crippen molar-refractivity contribution in [2.24, 2.45) is 17.8 Å². The van der Waals surface area contributed by atoms with Crippen molar-refractivity contribution in [1.29, 1.82) is 0 Å². The van der Waals surface area contributed by atoms with Crippen LogP contribution < -0.4 is 4.90 Å². The first-order valence-electron chi connectivity index (χ1n) is 7.62. The Balaban J connectivity index is 1.62. The van der Waals surface area contributed by atoms with Gasteiger partial charge in [0, 0.05) is 19.3 Å². The van der Waals surface area contributed by atoms with Crippen LogP contribution in [0.25, 0.3) is 0 Å². The van der Waals surface area contributed by atoms with Gasteiger partial charge in [-0.2, -0.15) is 0 Å². The molecular weight excluding hydrogens is 234 g/mol. The lowest BCUT2D eigenvalue weighted by molar-refractivity contribution is 0.199. The molecule has 1 N–H and O–H groups in total. The summed E-state index contributed by atoms with van der Waals surface area (Å²) >= 11 is 0. The second-order valence-electron chi connectivity index (χ2n) is 6.58. The molecule has 0 radical (unpaired) electrons. The molecule has 104 valence electrons. The zero-order valence-electron chi connectivity index (χ0n) is 12.0. The predicted octanol–water partition coefficient (Wildman–Crippen LogP) is 3.61. The third-order valence-electron chi connectivity index (χ3n) is 5.21. The van der Waals surface area contributed by atoms with E-state index in [0.29, 0.717) is 0 Å². The second-order valence-corrected chi connectivity index (χ2v) is 6.58. The van der Waals surface area contributed by atoms with E-state index < -0.39 is 0 Å². The number of anilines is 1. The molecule has 2 fully saturated rings. The lowest BCUT2D eigenvalue weighted by Crippen LogP contribution is -2.28. The fourth-order valence-electron chi connectivity index (χ4n) is 4.06. The van der Waals surface area contributed by atoms with Crippen LogP contribution in [-0.2, 0) is 0 Å². The van der Waals surface area contributed by atoms with Crippen LogP contribution in [0.15, 0.2) is 24.3 Å². The Morgan fingerprint density at radius 2 is 1.95 bits per heavy atom. The molecule has 0 aliphatic heterocycles. The van der Waals surface area contributed by atoms with E-state index >= 15 is 0 Å². The Kier molecular flexibility index (Phi) is 3.53. The number of hydrogen-bond acceptors (Lipinski definition) is 2. The number of rotatable bonds is 4. The van der Waals surface area contributed by atoms with Gasteiger partial charge in [-0.25, -0.2) is 0 Å². The van der Waals surface area contributed by atoms with Gasteiger partial charge in [0.25, 0.3) is 0 Å². The van der Waals surface area contributed by atoms with Gasteiger partial charge in [0.15, 0.2) is 0 Å². The zero-order chi connectivity index (χ0) is 13.4. The van der Waals surface area contributed by atoms with E-state index in [1.54, 1.807) is 0 Å². The van der Waals surface area contributed by atoms with E-state index in [0.717, 1.165) is 23.3 Å². The third-order valence-corrected chi connectivity index (χ3v) is 5.21. The van der Waals surface area contributed by atoms with Crippen LogP contribution in [0.3, 0.4) is 0 Å². The van der Waals surface area contributed by atoms with Crippen molar-refractivity contribution >= 4 is 5.69 Å². The summed E-state index contributed by atoms with van der Waals surface area (Å²) in [5.74, 6) is 2.92. The van der Waals surface area contributed by atoms with Crippen LogP contribution in [0.5, 0.6) is 0 Å². The van der Waals surface area contributed by atoms with Gasteiger partial charge in [0.2, 0.25) is 0 Å². The highest BCUT2D eigenvalue weighted by Gasteiger charge is 2.39. The van der Waals surface area contributed by atoms with Crippen LogP contribution in [0.4, 0.5) is 5.69 Å².